The molecule has 2 fully saturated rings. The van der Waals surface area contributed by atoms with Gasteiger partial charge in [-0.1, -0.05) is 132 Å². The van der Waals surface area contributed by atoms with Crippen LogP contribution in [0.2, 0.25) is 0 Å². The molecule has 0 aliphatic carbocycles. The van der Waals surface area contributed by atoms with Crippen LogP contribution in [0.15, 0.2) is 48.5 Å². The van der Waals surface area contributed by atoms with E-state index in [2.05, 4.69) is 120 Å². The Morgan fingerprint density at radius 1 is 0.493 bits per heavy atom. The van der Waals surface area contributed by atoms with Crippen molar-refractivity contribution in [2.24, 2.45) is 5.41 Å². The fourth-order valence-electron chi connectivity index (χ4n) is 9.38. The molecular weight excluding hydrogens is 883 g/mol. The summed E-state index contributed by atoms with van der Waals surface area (Å²) < 4.78 is 50.6. The molecule has 0 aromatic heterocycles. The zero-order valence-electron chi connectivity index (χ0n) is 42.5. The molecule has 8 rings (SSSR count). The molecule has 67 heavy (non-hydrogen) atoms. The lowest BCUT2D eigenvalue weighted by Gasteiger charge is -2.45. The van der Waals surface area contributed by atoms with E-state index < -0.39 is 32.4 Å². The van der Waals surface area contributed by atoms with Crippen molar-refractivity contribution in [2.75, 3.05) is 26.4 Å². The summed E-state index contributed by atoms with van der Waals surface area (Å²) in [6.45, 7) is 34.8. The number of hydrogen-bond donors (Lipinski definition) is 0. The van der Waals surface area contributed by atoms with Crippen LogP contribution < -0.4 is 18.5 Å². The summed E-state index contributed by atoms with van der Waals surface area (Å²) in [5, 5.41) is 0. The van der Waals surface area contributed by atoms with E-state index in [-0.39, 0.29) is 60.0 Å². The molecule has 12 heteroatoms. The Bertz CT molecular complexity index is 2540. The third-order valence-corrected chi connectivity index (χ3v) is 16.5. The van der Waals surface area contributed by atoms with E-state index in [0.717, 1.165) is 66.8 Å². The summed E-state index contributed by atoms with van der Waals surface area (Å²) >= 11 is 0. The number of aryl methyl sites for hydroxylation is 4. The van der Waals surface area contributed by atoms with Crippen molar-refractivity contribution < 1.29 is 46.2 Å². The van der Waals surface area contributed by atoms with Gasteiger partial charge in [0.1, 0.15) is 34.8 Å². The van der Waals surface area contributed by atoms with Crippen molar-refractivity contribution in [2.45, 2.75) is 144 Å². The molecule has 4 heterocycles. The van der Waals surface area contributed by atoms with Crippen LogP contribution in [0.1, 0.15) is 162 Å². The van der Waals surface area contributed by atoms with Gasteiger partial charge in [-0.15, -0.1) is 0 Å². The van der Waals surface area contributed by atoms with Gasteiger partial charge in [-0.05, 0) is 106 Å². The summed E-state index contributed by atoms with van der Waals surface area (Å²) in [7, 11) is -6.15. The second-order valence-electron chi connectivity index (χ2n) is 23.6. The molecule has 2 saturated heterocycles. The van der Waals surface area contributed by atoms with Gasteiger partial charge in [-0.25, -0.2) is 0 Å². The van der Waals surface area contributed by atoms with Crippen molar-refractivity contribution in [1.29, 1.82) is 0 Å². The van der Waals surface area contributed by atoms with Gasteiger partial charge in [-0.3, -0.25) is 9.59 Å². The third-order valence-electron chi connectivity index (χ3n) is 13.4. The number of fused-ring (bicyclic) bond motifs is 2. The summed E-state index contributed by atoms with van der Waals surface area (Å²) in [5.41, 5.74) is 9.86. The minimum absolute atomic E-state index is 0.119. The first-order valence-corrected chi connectivity index (χ1v) is 26.7. The highest BCUT2D eigenvalue weighted by atomic mass is 31.2. The Labute approximate surface area is 398 Å². The van der Waals surface area contributed by atoms with E-state index in [0.29, 0.717) is 23.0 Å². The molecular formula is C55H70O10P2. The zero-order valence-corrected chi connectivity index (χ0v) is 44.3. The van der Waals surface area contributed by atoms with E-state index in [1.807, 2.05) is 52.0 Å². The standard InChI is InChI=1S/C55H70O10P2/c1-31-19-35(43-39-23-37(51(5,6)7)25-41(53(11,12)13)47(39)62-49(43)56)20-32(2)45(31)64-66(17)58-27-55(28-59-66)29-60-67(18,61-30-55)65-46-33(3)21-36(22-34(46)4)44-40-24-38(52(8,9)10)26-42(54(14,15)16)48(40)63-50(44)57/h19-26,43-44H,17-18,27-30H2,1-16H3. The molecule has 4 aliphatic heterocycles. The van der Waals surface area contributed by atoms with E-state index >= 15 is 0 Å². The lowest BCUT2D eigenvalue weighted by molar-refractivity contribution is -0.134. The van der Waals surface area contributed by atoms with Gasteiger partial charge in [0, 0.05) is 22.3 Å². The maximum Gasteiger partial charge on any atom is 0.323 e. The van der Waals surface area contributed by atoms with Crippen LogP contribution in [0.25, 0.3) is 0 Å². The normalized spacial score (nSPS) is 25.4. The van der Waals surface area contributed by atoms with Crippen LogP contribution in [-0.4, -0.2) is 51.0 Å². The fraction of sp³-hybridized carbons (Fsp3) is 0.491. The van der Waals surface area contributed by atoms with E-state index in [1.165, 1.54) is 0 Å². The molecule has 4 aromatic carbocycles. The van der Waals surface area contributed by atoms with Crippen molar-refractivity contribution >= 4 is 39.7 Å². The first kappa shape index (κ1) is 49.3. The van der Waals surface area contributed by atoms with Crippen molar-refractivity contribution in [3.05, 3.63) is 115 Å². The number of carbonyl (C=O) groups is 2. The highest BCUT2D eigenvalue weighted by Crippen LogP contribution is 2.61. The predicted octanol–water partition coefficient (Wildman–Crippen LogP) is 13.1. The Kier molecular flexibility index (Phi) is 12.1. The molecule has 2 unspecified atom stereocenters. The van der Waals surface area contributed by atoms with E-state index in [1.54, 1.807) is 0 Å². The second-order valence-corrected chi connectivity index (χ2v) is 27.4. The van der Waals surface area contributed by atoms with Gasteiger partial charge in [0.15, 0.2) is 0 Å². The number of rotatable bonds is 6. The lowest BCUT2D eigenvalue weighted by Crippen LogP contribution is -2.46. The third kappa shape index (κ3) is 9.36. The quantitative estimate of drug-likeness (QED) is 0.105. The van der Waals surface area contributed by atoms with Gasteiger partial charge >= 0.3 is 27.1 Å². The van der Waals surface area contributed by atoms with E-state index in [9.17, 15) is 9.59 Å². The SMILES string of the molecule is C=P1(Oc2c(C)cc(C3C(=O)Oc4c3cc(C(C)(C)C)cc4C(C)(C)C)cc2C)OCC2(CO1)COP(=C)(Oc1c(C)cc(C3C(=O)Oc4c3cc(C(C)(C)C)cc4C(C)(C)C)cc1C)OC2. The fourth-order valence-corrected chi connectivity index (χ4v) is 12.8. The molecule has 4 aliphatic rings. The molecule has 0 saturated carbocycles. The summed E-state index contributed by atoms with van der Waals surface area (Å²) in [6.07, 6.45) is 8.62. The Morgan fingerprint density at radius 2 is 0.791 bits per heavy atom. The zero-order chi connectivity index (χ0) is 49.2. The average Bonchev–Trinajstić information content (AvgIpc) is 3.72. The Morgan fingerprint density at radius 3 is 1.06 bits per heavy atom. The van der Waals surface area contributed by atoms with Crippen molar-refractivity contribution in [3.63, 3.8) is 0 Å². The molecule has 0 amide bonds. The number of carbonyl (C=O) groups excluding carboxylic acids is 2. The van der Waals surface area contributed by atoms with Crippen LogP contribution in [0, 0.1) is 33.1 Å². The molecule has 2 atom stereocenters. The molecule has 10 nitrogen and oxygen atoms in total. The molecule has 4 aromatic rings. The van der Waals surface area contributed by atoms with Crippen LogP contribution in [0.3, 0.4) is 0 Å². The molecule has 1 spiro atoms. The topological polar surface area (TPSA) is 108 Å². The van der Waals surface area contributed by atoms with Crippen molar-refractivity contribution in [1.82, 2.24) is 0 Å². The second kappa shape index (κ2) is 16.5. The highest BCUT2D eigenvalue weighted by Gasteiger charge is 2.48. The van der Waals surface area contributed by atoms with Gasteiger partial charge in [0.2, 0.25) is 0 Å². The summed E-state index contributed by atoms with van der Waals surface area (Å²) in [6, 6.07) is 16.6. The first-order valence-electron chi connectivity index (χ1n) is 23.3. The van der Waals surface area contributed by atoms with Crippen LogP contribution >= 0.6 is 15.1 Å². The minimum atomic E-state index is -3.07. The first-order chi connectivity index (χ1) is 30.8. The van der Waals surface area contributed by atoms with Gasteiger partial charge in [-0.2, -0.15) is 0 Å². The van der Waals surface area contributed by atoms with Crippen molar-refractivity contribution in [3.8, 4) is 23.0 Å². The summed E-state index contributed by atoms with van der Waals surface area (Å²) in [5.74, 6) is 0.834. The van der Waals surface area contributed by atoms with Crippen LogP contribution in [0.4, 0.5) is 0 Å². The molecule has 0 bridgehead atoms. The predicted molar refractivity (Wildman–Crippen MR) is 270 cm³/mol. The Balaban J connectivity index is 0.943. The Hall–Kier alpha value is -4.14. The average molecular weight is 953 g/mol. The number of hydrogen-bond acceptors (Lipinski definition) is 10. The van der Waals surface area contributed by atoms with Crippen LogP contribution in [0.5, 0.6) is 23.0 Å². The van der Waals surface area contributed by atoms with Gasteiger partial charge in [0.25, 0.3) is 0 Å². The van der Waals surface area contributed by atoms with Gasteiger partial charge in [0.05, 0.1) is 31.8 Å². The number of esters is 2. The maximum absolute atomic E-state index is 13.7. The summed E-state index contributed by atoms with van der Waals surface area (Å²) in [4.78, 5) is 27.4. The molecule has 0 radical (unpaired) electrons. The smallest absolute Gasteiger partial charge is 0.323 e. The highest BCUT2D eigenvalue weighted by molar-refractivity contribution is 7.60. The maximum atomic E-state index is 13.7. The van der Waals surface area contributed by atoms with Crippen LogP contribution in [-0.2, 0) is 49.3 Å². The van der Waals surface area contributed by atoms with Gasteiger partial charge < -0.3 is 36.6 Å². The molecule has 360 valence electrons. The lowest BCUT2D eigenvalue weighted by atomic mass is 9.77. The minimum Gasteiger partial charge on any atom is -0.432 e. The number of ether oxygens (including phenoxy) is 2. The largest absolute Gasteiger partial charge is 0.432 e. The number of benzene rings is 4. The molecule has 0 N–H and O–H groups in total. The monoisotopic (exact) mass is 952 g/mol. The van der Waals surface area contributed by atoms with E-state index in [4.69, 9.17) is 36.6 Å².